The Kier molecular flexibility index (Phi) is 7.92. The first kappa shape index (κ1) is 15.2. The quantitative estimate of drug-likeness (QED) is 0.513. The molecule has 0 aromatic heterocycles. The van der Waals surface area contributed by atoms with Crippen molar-refractivity contribution in [3.8, 4) is 0 Å². The molecule has 0 aromatic carbocycles. The summed E-state index contributed by atoms with van der Waals surface area (Å²) in [7, 11) is 0. The zero-order valence-corrected chi connectivity index (χ0v) is 11.4. The van der Waals surface area contributed by atoms with E-state index in [0.29, 0.717) is 6.04 Å². The molecule has 1 aliphatic heterocycles. The van der Waals surface area contributed by atoms with Crippen LogP contribution in [0.2, 0.25) is 0 Å². The van der Waals surface area contributed by atoms with Crippen molar-refractivity contribution in [1.82, 2.24) is 4.90 Å². The molecular weight excluding hydrogens is 194 g/mol. The second-order valence-corrected chi connectivity index (χ2v) is 4.50. The summed E-state index contributed by atoms with van der Waals surface area (Å²) < 4.78 is 0. The molecule has 0 saturated carbocycles. The smallest absolute Gasteiger partial charge is 0.0279 e. The standard InChI is InChI=1S/C13H23N.C2H4/c1-5-6-7-12(3)13(4)14-9-8-11(2)10-14;1-2/h5-7,11,13H,8-10H2,1-4H3;1-2H2/b6-5-,12-7+;. The molecular formula is C15H27N. The Morgan fingerprint density at radius 3 is 2.50 bits per heavy atom. The number of allylic oxidation sites excluding steroid dienone is 3. The van der Waals surface area contributed by atoms with Gasteiger partial charge in [-0.1, -0.05) is 30.7 Å². The normalized spacial score (nSPS) is 24.2. The van der Waals surface area contributed by atoms with Crippen LogP contribution in [0.1, 0.15) is 34.1 Å². The predicted molar refractivity (Wildman–Crippen MR) is 74.6 cm³/mol. The van der Waals surface area contributed by atoms with Crippen molar-refractivity contribution in [2.24, 2.45) is 5.92 Å². The molecule has 0 spiro atoms. The summed E-state index contributed by atoms with van der Waals surface area (Å²) in [5.41, 5.74) is 1.47. The largest absolute Gasteiger partial charge is 0.297 e. The maximum atomic E-state index is 3.00. The third kappa shape index (κ3) is 4.80. The van der Waals surface area contributed by atoms with E-state index in [0.717, 1.165) is 5.92 Å². The van der Waals surface area contributed by atoms with Crippen LogP contribution < -0.4 is 0 Å². The molecule has 92 valence electrons. The lowest BCUT2D eigenvalue weighted by Gasteiger charge is -2.24. The van der Waals surface area contributed by atoms with Crippen LogP contribution in [0, 0.1) is 5.92 Å². The van der Waals surface area contributed by atoms with Crippen LogP contribution in [0.5, 0.6) is 0 Å². The molecule has 2 unspecified atom stereocenters. The van der Waals surface area contributed by atoms with Crippen molar-refractivity contribution in [2.75, 3.05) is 13.1 Å². The molecule has 1 nitrogen and oxygen atoms in total. The van der Waals surface area contributed by atoms with Gasteiger partial charge in [0.2, 0.25) is 0 Å². The SMILES string of the molecule is C/C=C\C=C(/C)C(C)N1CCC(C)C1.C=C. The monoisotopic (exact) mass is 221 g/mol. The zero-order valence-electron chi connectivity index (χ0n) is 11.4. The molecule has 16 heavy (non-hydrogen) atoms. The fourth-order valence-corrected chi connectivity index (χ4v) is 2.00. The third-order valence-corrected chi connectivity index (χ3v) is 3.21. The molecule has 0 amide bonds. The van der Waals surface area contributed by atoms with E-state index in [-0.39, 0.29) is 0 Å². The summed E-state index contributed by atoms with van der Waals surface area (Å²) in [5, 5.41) is 0. The highest BCUT2D eigenvalue weighted by Crippen LogP contribution is 2.20. The average Bonchev–Trinajstić information content (AvgIpc) is 2.74. The van der Waals surface area contributed by atoms with Gasteiger partial charge in [0.25, 0.3) is 0 Å². The van der Waals surface area contributed by atoms with Crippen LogP contribution in [-0.4, -0.2) is 24.0 Å². The van der Waals surface area contributed by atoms with E-state index >= 15 is 0 Å². The van der Waals surface area contributed by atoms with Gasteiger partial charge in [-0.3, -0.25) is 4.90 Å². The molecule has 1 heterocycles. The minimum Gasteiger partial charge on any atom is -0.297 e. The molecule has 0 radical (unpaired) electrons. The summed E-state index contributed by atoms with van der Waals surface area (Å²) in [6.07, 6.45) is 7.81. The average molecular weight is 221 g/mol. The minimum absolute atomic E-state index is 0.608. The van der Waals surface area contributed by atoms with E-state index in [4.69, 9.17) is 0 Å². The Morgan fingerprint density at radius 1 is 1.44 bits per heavy atom. The Labute approximate surface area is 102 Å². The van der Waals surface area contributed by atoms with Gasteiger partial charge >= 0.3 is 0 Å². The molecule has 1 saturated heterocycles. The van der Waals surface area contributed by atoms with Crippen molar-refractivity contribution in [2.45, 2.75) is 40.2 Å². The first-order valence-electron chi connectivity index (χ1n) is 6.18. The lowest BCUT2D eigenvalue weighted by molar-refractivity contribution is 0.280. The van der Waals surface area contributed by atoms with Gasteiger partial charge in [-0.05, 0) is 39.7 Å². The number of rotatable bonds is 3. The van der Waals surface area contributed by atoms with E-state index in [1.165, 1.54) is 25.1 Å². The molecule has 0 bridgehead atoms. The Hall–Kier alpha value is -0.820. The van der Waals surface area contributed by atoms with E-state index in [1.807, 2.05) is 0 Å². The summed E-state index contributed by atoms with van der Waals surface area (Å²) in [4.78, 5) is 2.58. The van der Waals surface area contributed by atoms with Gasteiger partial charge in [-0.25, -0.2) is 0 Å². The zero-order chi connectivity index (χ0) is 12.6. The molecule has 1 rings (SSSR count). The molecule has 0 N–H and O–H groups in total. The fourth-order valence-electron chi connectivity index (χ4n) is 2.00. The highest BCUT2D eigenvalue weighted by molar-refractivity contribution is 5.15. The Balaban J connectivity index is 0.00000106. The summed E-state index contributed by atoms with van der Waals surface area (Å²) in [6.45, 7) is 17.5. The predicted octanol–water partition coefficient (Wildman–Crippen LogP) is 4.04. The summed E-state index contributed by atoms with van der Waals surface area (Å²) in [5.74, 6) is 0.881. The van der Waals surface area contributed by atoms with Crippen LogP contribution >= 0.6 is 0 Å². The lowest BCUT2D eigenvalue weighted by atomic mass is 10.1. The van der Waals surface area contributed by atoms with E-state index in [1.54, 1.807) is 0 Å². The van der Waals surface area contributed by atoms with E-state index in [9.17, 15) is 0 Å². The highest BCUT2D eigenvalue weighted by Gasteiger charge is 2.23. The van der Waals surface area contributed by atoms with Gasteiger partial charge < -0.3 is 0 Å². The van der Waals surface area contributed by atoms with Crippen molar-refractivity contribution < 1.29 is 0 Å². The summed E-state index contributed by atoms with van der Waals surface area (Å²) in [6, 6.07) is 0.608. The molecule has 1 heteroatoms. The maximum Gasteiger partial charge on any atom is 0.0279 e. The van der Waals surface area contributed by atoms with Gasteiger partial charge in [0.05, 0.1) is 0 Å². The first-order chi connectivity index (χ1) is 7.65. The van der Waals surface area contributed by atoms with E-state index in [2.05, 4.69) is 64.0 Å². The summed E-state index contributed by atoms with van der Waals surface area (Å²) >= 11 is 0. The van der Waals surface area contributed by atoms with Gasteiger partial charge in [-0.15, -0.1) is 13.2 Å². The first-order valence-corrected chi connectivity index (χ1v) is 6.18. The topological polar surface area (TPSA) is 3.24 Å². The Morgan fingerprint density at radius 2 is 2.06 bits per heavy atom. The van der Waals surface area contributed by atoms with E-state index < -0.39 is 0 Å². The highest BCUT2D eigenvalue weighted by atomic mass is 15.2. The van der Waals surface area contributed by atoms with Crippen molar-refractivity contribution >= 4 is 0 Å². The van der Waals surface area contributed by atoms with Crippen LogP contribution in [0.15, 0.2) is 37.0 Å². The fraction of sp³-hybridized carbons (Fsp3) is 0.600. The molecule has 0 aromatic rings. The van der Waals surface area contributed by atoms with Crippen molar-refractivity contribution in [3.05, 3.63) is 37.0 Å². The number of hydrogen-bond acceptors (Lipinski definition) is 1. The van der Waals surface area contributed by atoms with Gasteiger partial charge in [0, 0.05) is 12.6 Å². The molecule has 1 fully saturated rings. The second-order valence-electron chi connectivity index (χ2n) is 4.50. The van der Waals surface area contributed by atoms with Crippen molar-refractivity contribution in [1.29, 1.82) is 0 Å². The third-order valence-electron chi connectivity index (χ3n) is 3.21. The van der Waals surface area contributed by atoms with Gasteiger partial charge in [0.1, 0.15) is 0 Å². The second kappa shape index (κ2) is 8.35. The molecule has 1 aliphatic rings. The lowest BCUT2D eigenvalue weighted by Crippen LogP contribution is -2.31. The number of likely N-dealkylation sites (tertiary alicyclic amines) is 1. The number of hydrogen-bond donors (Lipinski definition) is 0. The van der Waals surface area contributed by atoms with Crippen molar-refractivity contribution in [3.63, 3.8) is 0 Å². The molecule has 2 atom stereocenters. The Bertz CT molecular complexity index is 240. The van der Waals surface area contributed by atoms with Gasteiger partial charge in [0.15, 0.2) is 0 Å². The van der Waals surface area contributed by atoms with Crippen LogP contribution in [-0.2, 0) is 0 Å². The van der Waals surface area contributed by atoms with Crippen LogP contribution in [0.25, 0.3) is 0 Å². The minimum atomic E-state index is 0.608. The van der Waals surface area contributed by atoms with Gasteiger partial charge in [-0.2, -0.15) is 0 Å². The number of nitrogens with zero attached hydrogens (tertiary/aromatic N) is 1. The van der Waals surface area contributed by atoms with Crippen LogP contribution in [0.3, 0.4) is 0 Å². The maximum absolute atomic E-state index is 3.00. The van der Waals surface area contributed by atoms with Crippen LogP contribution in [0.4, 0.5) is 0 Å². The molecule has 0 aliphatic carbocycles.